The van der Waals surface area contributed by atoms with Gasteiger partial charge in [0.25, 0.3) is 0 Å². The molecule has 2 fully saturated rings. The Balaban J connectivity index is 2.16. The van der Waals surface area contributed by atoms with Crippen molar-refractivity contribution in [1.29, 1.82) is 0 Å². The molecule has 0 spiro atoms. The molecule has 4 atom stereocenters. The summed E-state index contributed by atoms with van der Waals surface area (Å²) >= 11 is 0. The fourth-order valence-corrected chi connectivity index (χ4v) is 2.12. The Morgan fingerprint density at radius 2 is 2.31 bits per heavy atom. The van der Waals surface area contributed by atoms with Gasteiger partial charge in [-0.25, -0.2) is 0 Å². The summed E-state index contributed by atoms with van der Waals surface area (Å²) in [6, 6.07) is 0. The summed E-state index contributed by atoms with van der Waals surface area (Å²) in [6.45, 7) is 5.08. The van der Waals surface area contributed by atoms with Crippen LogP contribution in [0.1, 0.15) is 13.8 Å². The molecule has 2 aliphatic rings. The molecule has 2 saturated heterocycles. The molecule has 4 nitrogen and oxygen atoms in total. The van der Waals surface area contributed by atoms with Crippen molar-refractivity contribution < 1.29 is 18.9 Å². The summed E-state index contributed by atoms with van der Waals surface area (Å²) in [7, 11) is 1.63. The third-order valence-electron chi connectivity index (χ3n) is 2.75. The van der Waals surface area contributed by atoms with Crippen molar-refractivity contribution >= 4 is 0 Å². The van der Waals surface area contributed by atoms with E-state index in [0.717, 1.165) is 0 Å². The molecule has 1 unspecified atom stereocenters. The average Bonchev–Trinajstić information content (AvgIpc) is 2.59. The molecule has 76 valence electrons. The van der Waals surface area contributed by atoms with Gasteiger partial charge in [0.1, 0.15) is 18.8 Å². The first kappa shape index (κ1) is 9.40. The van der Waals surface area contributed by atoms with Crippen molar-refractivity contribution in [2.24, 2.45) is 0 Å². The van der Waals surface area contributed by atoms with E-state index in [1.165, 1.54) is 0 Å². The van der Waals surface area contributed by atoms with Gasteiger partial charge in [-0.1, -0.05) is 0 Å². The molecule has 2 aliphatic heterocycles. The van der Waals surface area contributed by atoms with Crippen LogP contribution in [0.15, 0.2) is 0 Å². The number of rotatable bonds is 3. The molecule has 0 aromatic heterocycles. The second-order valence-electron chi connectivity index (χ2n) is 3.49. The smallest absolute Gasteiger partial charge is 0.221 e. The summed E-state index contributed by atoms with van der Waals surface area (Å²) in [5, 5.41) is 0. The fraction of sp³-hybridized carbons (Fsp3) is 1.00. The molecule has 4 heteroatoms. The van der Waals surface area contributed by atoms with Crippen LogP contribution in [0.25, 0.3) is 0 Å². The summed E-state index contributed by atoms with van der Waals surface area (Å²) in [4.78, 5) is 0. The van der Waals surface area contributed by atoms with Crippen LogP contribution in [0.2, 0.25) is 0 Å². The Kier molecular flexibility index (Phi) is 2.32. The first-order valence-electron chi connectivity index (χ1n) is 4.69. The quantitative estimate of drug-likeness (QED) is 0.648. The highest BCUT2D eigenvalue weighted by atomic mass is 16.8. The molecule has 0 N–H and O–H groups in total. The molecule has 0 amide bonds. The topological polar surface area (TPSA) is 36.9 Å². The standard InChI is InChI=1S/C9H16O4/c1-4-11-8-7-6(2)13-9(8,10-3)5-12-7/h6-8H,4-5H2,1-3H3/t6-,7-,8?,9+/m0/s1. The van der Waals surface area contributed by atoms with E-state index in [0.29, 0.717) is 13.2 Å². The zero-order valence-corrected chi connectivity index (χ0v) is 8.28. The Morgan fingerprint density at radius 3 is 2.85 bits per heavy atom. The van der Waals surface area contributed by atoms with Crippen LogP contribution in [0.4, 0.5) is 0 Å². The molecular weight excluding hydrogens is 172 g/mol. The highest BCUT2D eigenvalue weighted by Crippen LogP contribution is 2.41. The maximum absolute atomic E-state index is 5.69. The minimum Gasteiger partial charge on any atom is -0.370 e. The zero-order valence-electron chi connectivity index (χ0n) is 8.28. The van der Waals surface area contributed by atoms with Crippen molar-refractivity contribution in [1.82, 2.24) is 0 Å². The maximum Gasteiger partial charge on any atom is 0.221 e. The van der Waals surface area contributed by atoms with Gasteiger partial charge in [0.2, 0.25) is 5.79 Å². The van der Waals surface area contributed by atoms with E-state index in [-0.39, 0.29) is 18.3 Å². The number of ether oxygens (including phenoxy) is 4. The van der Waals surface area contributed by atoms with Crippen molar-refractivity contribution in [3.05, 3.63) is 0 Å². The normalized spacial score (nSPS) is 48.7. The van der Waals surface area contributed by atoms with E-state index >= 15 is 0 Å². The summed E-state index contributed by atoms with van der Waals surface area (Å²) < 4.78 is 22.2. The van der Waals surface area contributed by atoms with Gasteiger partial charge in [0.05, 0.1) is 6.10 Å². The molecule has 13 heavy (non-hydrogen) atoms. The summed E-state index contributed by atoms with van der Waals surface area (Å²) in [6.07, 6.45) is 0.0163. The average molecular weight is 188 g/mol. The highest BCUT2D eigenvalue weighted by molar-refractivity contribution is 5.02. The predicted molar refractivity (Wildman–Crippen MR) is 45.4 cm³/mol. The van der Waals surface area contributed by atoms with Crippen molar-refractivity contribution in [2.75, 3.05) is 20.3 Å². The van der Waals surface area contributed by atoms with Gasteiger partial charge in [0.15, 0.2) is 0 Å². The number of hydrogen-bond acceptors (Lipinski definition) is 4. The second kappa shape index (κ2) is 3.20. The van der Waals surface area contributed by atoms with Crippen LogP contribution in [-0.4, -0.2) is 44.4 Å². The SMILES string of the molecule is CCOC1[C@H]2OC[C@@]1(OC)O[C@H]2C. The van der Waals surface area contributed by atoms with E-state index in [9.17, 15) is 0 Å². The van der Waals surface area contributed by atoms with Gasteiger partial charge in [-0.05, 0) is 13.8 Å². The molecule has 0 aromatic carbocycles. The Labute approximate surface area is 78.1 Å². The lowest BCUT2D eigenvalue weighted by molar-refractivity contribution is -0.266. The van der Waals surface area contributed by atoms with Gasteiger partial charge in [0, 0.05) is 13.7 Å². The molecule has 0 aliphatic carbocycles. The number of hydrogen-bond donors (Lipinski definition) is 0. The first-order chi connectivity index (χ1) is 6.23. The van der Waals surface area contributed by atoms with Crippen molar-refractivity contribution in [3.63, 3.8) is 0 Å². The van der Waals surface area contributed by atoms with Crippen molar-refractivity contribution in [2.45, 2.75) is 37.9 Å². The Hall–Kier alpha value is -0.160. The monoisotopic (exact) mass is 188 g/mol. The molecule has 2 bridgehead atoms. The highest BCUT2D eigenvalue weighted by Gasteiger charge is 2.61. The van der Waals surface area contributed by atoms with E-state index in [1.807, 2.05) is 13.8 Å². The predicted octanol–water partition coefficient (Wildman–Crippen LogP) is 0.552. The molecule has 0 radical (unpaired) electrons. The summed E-state index contributed by atoms with van der Waals surface area (Å²) in [5.74, 6) is -0.653. The minimum atomic E-state index is -0.653. The van der Waals surface area contributed by atoms with Crippen LogP contribution in [0, 0.1) is 0 Å². The fourth-order valence-electron chi connectivity index (χ4n) is 2.12. The summed E-state index contributed by atoms with van der Waals surface area (Å²) in [5.41, 5.74) is 0. The molecule has 2 heterocycles. The lowest BCUT2D eigenvalue weighted by Gasteiger charge is -2.28. The van der Waals surface area contributed by atoms with Gasteiger partial charge < -0.3 is 18.9 Å². The molecule has 0 saturated carbocycles. The molecular formula is C9H16O4. The Bertz CT molecular complexity index is 196. The largest absolute Gasteiger partial charge is 0.370 e. The van der Waals surface area contributed by atoms with Gasteiger partial charge >= 0.3 is 0 Å². The maximum atomic E-state index is 5.69. The van der Waals surface area contributed by atoms with Crippen LogP contribution >= 0.6 is 0 Å². The lowest BCUT2D eigenvalue weighted by Crippen LogP contribution is -2.43. The van der Waals surface area contributed by atoms with Gasteiger partial charge in [-0.3, -0.25) is 0 Å². The van der Waals surface area contributed by atoms with E-state index in [1.54, 1.807) is 7.11 Å². The lowest BCUT2D eigenvalue weighted by atomic mass is 10.1. The zero-order chi connectivity index (χ0) is 9.47. The van der Waals surface area contributed by atoms with Gasteiger partial charge in [-0.2, -0.15) is 0 Å². The van der Waals surface area contributed by atoms with E-state index in [2.05, 4.69) is 0 Å². The number of methoxy groups -OCH3 is 1. The van der Waals surface area contributed by atoms with Gasteiger partial charge in [-0.15, -0.1) is 0 Å². The third kappa shape index (κ3) is 1.21. The third-order valence-corrected chi connectivity index (χ3v) is 2.75. The van der Waals surface area contributed by atoms with E-state index < -0.39 is 5.79 Å². The second-order valence-corrected chi connectivity index (χ2v) is 3.49. The molecule has 2 rings (SSSR count). The molecule has 0 aromatic rings. The number of fused-ring (bicyclic) bond motifs is 2. The first-order valence-corrected chi connectivity index (χ1v) is 4.69. The Morgan fingerprint density at radius 1 is 1.54 bits per heavy atom. The van der Waals surface area contributed by atoms with Crippen LogP contribution in [-0.2, 0) is 18.9 Å². The van der Waals surface area contributed by atoms with Crippen molar-refractivity contribution in [3.8, 4) is 0 Å². The van der Waals surface area contributed by atoms with Crippen LogP contribution < -0.4 is 0 Å². The van der Waals surface area contributed by atoms with E-state index in [4.69, 9.17) is 18.9 Å². The minimum absolute atomic E-state index is 0.0277. The van der Waals surface area contributed by atoms with Crippen LogP contribution in [0.3, 0.4) is 0 Å². The van der Waals surface area contributed by atoms with Crippen LogP contribution in [0.5, 0.6) is 0 Å².